The molecule has 1 saturated heterocycles. The molecule has 6 heteroatoms. The molecular formula is C23H22N2O3S. The van der Waals surface area contributed by atoms with Crippen molar-refractivity contribution in [3.63, 3.8) is 0 Å². The number of sulfonamides is 1. The minimum Gasteiger partial charge on any atom is -0.363 e. The molecule has 0 aliphatic carbocycles. The van der Waals surface area contributed by atoms with E-state index in [-0.39, 0.29) is 4.90 Å². The van der Waals surface area contributed by atoms with Gasteiger partial charge in [0.25, 0.3) is 0 Å². The maximum Gasteiger partial charge on any atom is 0.247 e. The summed E-state index contributed by atoms with van der Waals surface area (Å²) in [6.45, 7) is 3.86. The second kappa shape index (κ2) is 6.16. The topological polar surface area (TPSA) is 58.6 Å². The van der Waals surface area contributed by atoms with Crippen LogP contribution in [0.2, 0.25) is 0 Å². The van der Waals surface area contributed by atoms with E-state index in [2.05, 4.69) is 5.32 Å². The Bertz CT molecular complexity index is 1170. The molecule has 0 aromatic heterocycles. The van der Waals surface area contributed by atoms with Crippen LogP contribution in [0.3, 0.4) is 0 Å². The van der Waals surface area contributed by atoms with Gasteiger partial charge in [-0.3, -0.25) is 0 Å². The molecular weight excluding hydrogens is 384 g/mol. The third-order valence-corrected chi connectivity index (χ3v) is 8.08. The fraction of sp³-hybridized carbons (Fsp3) is 0.217. The lowest BCUT2D eigenvalue weighted by molar-refractivity contribution is -0.0508. The van der Waals surface area contributed by atoms with Crippen LogP contribution in [0.25, 0.3) is 0 Å². The van der Waals surface area contributed by atoms with Gasteiger partial charge in [-0.15, -0.1) is 4.31 Å². The predicted molar refractivity (Wildman–Crippen MR) is 112 cm³/mol. The quantitative estimate of drug-likeness (QED) is 0.698. The van der Waals surface area contributed by atoms with Crippen LogP contribution in [0.5, 0.6) is 0 Å². The first kappa shape index (κ1) is 18.4. The van der Waals surface area contributed by atoms with Crippen molar-refractivity contribution in [2.45, 2.75) is 36.2 Å². The Hall–Kier alpha value is -2.67. The van der Waals surface area contributed by atoms with Crippen molar-refractivity contribution in [1.29, 1.82) is 0 Å². The smallest absolute Gasteiger partial charge is 0.247 e. The molecule has 2 aliphatic heterocycles. The number of rotatable bonds is 3. The van der Waals surface area contributed by atoms with E-state index in [1.165, 1.54) is 4.31 Å². The summed E-state index contributed by atoms with van der Waals surface area (Å²) in [7, 11) is -3.86. The summed E-state index contributed by atoms with van der Waals surface area (Å²) in [4.78, 5) is 0.243. The molecule has 2 aliphatic rings. The summed E-state index contributed by atoms with van der Waals surface area (Å²) in [5.74, 6) is 0. The Morgan fingerprint density at radius 2 is 1.45 bits per heavy atom. The maximum absolute atomic E-state index is 13.9. The normalized spacial score (nSPS) is 28.6. The molecule has 2 heterocycles. The number of ether oxygens (including phenoxy) is 1. The number of anilines is 1. The highest BCUT2D eigenvalue weighted by molar-refractivity contribution is 7.89. The lowest BCUT2D eigenvalue weighted by Gasteiger charge is -2.38. The van der Waals surface area contributed by atoms with Gasteiger partial charge in [-0.1, -0.05) is 66.7 Å². The highest BCUT2D eigenvalue weighted by atomic mass is 32.2. The zero-order chi connectivity index (χ0) is 20.3. The molecule has 0 saturated carbocycles. The average Bonchev–Trinajstić information content (AvgIpc) is 3.10. The highest BCUT2D eigenvalue weighted by Crippen LogP contribution is 2.60. The first-order valence-electron chi connectivity index (χ1n) is 9.58. The number of benzene rings is 3. The minimum absolute atomic E-state index is 0.243. The second-order valence-corrected chi connectivity index (χ2v) is 9.59. The average molecular weight is 407 g/mol. The third kappa shape index (κ3) is 2.43. The molecule has 5 nitrogen and oxygen atoms in total. The Morgan fingerprint density at radius 3 is 2.14 bits per heavy atom. The number of nitrogens with zero attached hydrogens (tertiary/aromatic N) is 1. The lowest BCUT2D eigenvalue weighted by atomic mass is 9.88. The lowest BCUT2D eigenvalue weighted by Crippen LogP contribution is -2.56. The van der Waals surface area contributed by atoms with E-state index in [0.717, 1.165) is 16.8 Å². The molecule has 0 amide bonds. The van der Waals surface area contributed by atoms with E-state index in [4.69, 9.17) is 4.74 Å². The Balaban J connectivity index is 1.74. The van der Waals surface area contributed by atoms with E-state index >= 15 is 0 Å². The van der Waals surface area contributed by atoms with Crippen LogP contribution in [-0.4, -0.2) is 18.4 Å². The molecule has 5 rings (SSSR count). The molecule has 0 bridgehead atoms. The zero-order valence-electron chi connectivity index (χ0n) is 16.2. The molecule has 1 fully saturated rings. The van der Waals surface area contributed by atoms with Gasteiger partial charge >= 0.3 is 0 Å². The zero-order valence-corrected chi connectivity index (χ0v) is 17.1. The van der Waals surface area contributed by atoms with Crippen LogP contribution >= 0.6 is 0 Å². The molecule has 3 aromatic rings. The predicted octanol–water partition coefficient (Wildman–Crippen LogP) is 4.46. The Labute approximate surface area is 171 Å². The first-order chi connectivity index (χ1) is 13.9. The molecule has 148 valence electrons. The molecule has 3 aromatic carbocycles. The van der Waals surface area contributed by atoms with E-state index in [9.17, 15) is 8.42 Å². The Kier molecular flexibility index (Phi) is 3.90. The summed E-state index contributed by atoms with van der Waals surface area (Å²) in [6.07, 6.45) is -0.753. The number of fused-ring (bicyclic) bond motifs is 3. The van der Waals surface area contributed by atoms with Crippen LogP contribution in [0.15, 0.2) is 89.8 Å². The SMILES string of the molecule is C[C@]12O[C@@H](c3ccccc3)N(S(=O)(=O)c3ccccc3)[C@@]1(C)Nc1ccccc12. The molecule has 0 radical (unpaired) electrons. The van der Waals surface area contributed by atoms with E-state index < -0.39 is 27.5 Å². The first-order valence-corrected chi connectivity index (χ1v) is 11.0. The van der Waals surface area contributed by atoms with Gasteiger partial charge in [-0.05, 0) is 37.6 Å². The fourth-order valence-corrected chi connectivity index (χ4v) is 6.34. The van der Waals surface area contributed by atoms with Gasteiger partial charge < -0.3 is 10.1 Å². The number of para-hydroxylation sites is 1. The molecule has 0 unspecified atom stereocenters. The van der Waals surface area contributed by atoms with Gasteiger partial charge in [0.2, 0.25) is 10.0 Å². The van der Waals surface area contributed by atoms with Gasteiger partial charge in [0.15, 0.2) is 6.23 Å². The monoisotopic (exact) mass is 406 g/mol. The van der Waals surface area contributed by atoms with Crippen molar-refractivity contribution in [2.75, 3.05) is 5.32 Å². The van der Waals surface area contributed by atoms with Gasteiger partial charge in [0, 0.05) is 11.3 Å². The van der Waals surface area contributed by atoms with Crippen molar-refractivity contribution >= 4 is 15.7 Å². The van der Waals surface area contributed by atoms with Crippen LogP contribution in [0.4, 0.5) is 5.69 Å². The van der Waals surface area contributed by atoms with Crippen molar-refractivity contribution in [1.82, 2.24) is 4.31 Å². The largest absolute Gasteiger partial charge is 0.363 e. The van der Waals surface area contributed by atoms with Gasteiger partial charge in [-0.2, -0.15) is 0 Å². The van der Waals surface area contributed by atoms with Crippen LogP contribution in [0, 0.1) is 0 Å². The van der Waals surface area contributed by atoms with E-state index in [0.29, 0.717) is 0 Å². The van der Waals surface area contributed by atoms with Crippen LogP contribution < -0.4 is 5.32 Å². The van der Waals surface area contributed by atoms with Crippen molar-refractivity contribution in [2.24, 2.45) is 0 Å². The standard InChI is InChI=1S/C23H22N2O3S/c1-22-19-15-9-10-16-20(19)24-23(22,2)25(21(28-22)17-11-5-3-6-12-17)29(26,27)18-13-7-4-8-14-18/h3-16,21,24H,1-2H3/t21-,22+,23+/m0/s1. The Morgan fingerprint density at radius 1 is 0.862 bits per heavy atom. The van der Waals surface area contributed by atoms with Crippen molar-refractivity contribution in [3.8, 4) is 0 Å². The third-order valence-electron chi connectivity index (χ3n) is 6.13. The number of hydrogen-bond acceptors (Lipinski definition) is 4. The van der Waals surface area contributed by atoms with Crippen LogP contribution in [-0.2, 0) is 20.4 Å². The second-order valence-electron chi connectivity index (χ2n) is 7.77. The van der Waals surface area contributed by atoms with Gasteiger partial charge in [0.1, 0.15) is 11.3 Å². The van der Waals surface area contributed by atoms with Crippen molar-refractivity contribution < 1.29 is 13.2 Å². The summed E-state index contributed by atoms with van der Waals surface area (Å²) >= 11 is 0. The molecule has 1 N–H and O–H groups in total. The molecule has 3 atom stereocenters. The van der Waals surface area contributed by atoms with Gasteiger partial charge in [-0.25, -0.2) is 8.42 Å². The number of nitrogens with one attached hydrogen (secondary N) is 1. The van der Waals surface area contributed by atoms with E-state index in [1.807, 2.05) is 74.5 Å². The van der Waals surface area contributed by atoms with Crippen molar-refractivity contribution in [3.05, 3.63) is 96.1 Å². The molecule has 29 heavy (non-hydrogen) atoms. The minimum atomic E-state index is -3.86. The van der Waals surface area contributed by atoms with Crippen LogP contribution in [0.1, 0.15) is 31.2 Å². The fourth-order valence-electron chi connectivity index (χ4n) is 4.49. The maximum atomic E-state index is 13.9. The number of hydrogen-bond donors (Lipinski definition) is 1. The highest BCUT2D eigenvalue weighted by Gasteiger charge is 2.68. The summed E-state index contributed by atoms with van der Waals surface area (Å²) in [5.41, 5.74) is 0.785. The van der Waals surface area contributed by atoms with Gasteiger partial charge in [0.05, 0.1) is 4.90 Å². The molecule has 0 spiro atoms. The summed E-state index contributed by atoms with van der Waals surface area (Å²) < 4.78 is 35.8. The summed E-state index contributed by atoms with van der Waals surface area (Å²) in [6, 6.07) is 25.9. The van der Waals surface area contributed by atoms with E-state index in [1.54, 1.807) is 24.3 Å². The summed E-state index contributed by atoms with van der Waals surface area (Å²) in [5, 5.41) is 3.46.